The maximum Gasteiger partial charge on any atom is 0.275 e. The summed E-state index contributed by atoms with van der Waals surface area (Å²) in [6.45, 7) is 1.95. The highest BCUT2D eigenvalue weighted by molar-refractivity contribution is 7.18. The van der Waals surface area contributed by atoms with Gasteiger partial charge in [0, 0.05) is 5.69 Å². The number of thiazole rings is 1. The molecule has 0 spiro atoms. The normalized spacial score (nSPS) is 10.7. The van der Waals surface area contributed by atoms with E-state index in [-0.39, 0.29) is 16.8 Å². The molecule has 0 aliphatic heterocycles. The molecule has 1 amide bonds. The molecule has 3 aromatic rings. The molecule has 100 valence electrons. The molecular weight excluding hydrogens is 296 g/mol. The number of carbonyl (C=O) groups excluding carboxylic acids is 1. The molecule has 1 N–H and O–H groups in total. The lowest BCUT2D eigenvalue weighted by molar-refractivity contribution is 0.102. The summed E-state index contributed by atoms with van der Waals surface area (Å²) >= 11 is 7.22. The lowest BCUT2D eigenvalue weighted by Gasteiger charge is -2.04. The van der Waals surface area contributed by atoms with Gasteiger partial charge in [0.2, 0.25) is 0 Å². The first kappa shape index (κ1) is 13.0. The summed E-state index contributed by atoms with van der Waals surface area (Å²) in [5.41, 5.74) is 1.84. The van der Waals surface area contributed by atoms with Crippen molar-refractivity contribution in [3.8, 4) is 0 Å². The van der Waals surface area contributed by atoms with Gasteiger partial charge in [0.1, 0.15) is 10.8 Å². The highest BCUT2D eigenvalue weighted by Gasteiger charge is 2.09. The third kappa shape index (κ3) is 2.61. The lowest BCUT2D eigenvalue weighted by Crippen LogP contribution is -2.13. The van der Waals surface area contributed by atoms with Crippen molar-refractivity contribution >= 4 is 44.7 Å². The van der Waals surface area contributed by atoms with Crippen LogP contribution in [0.15, 0.2) is 30.6 Å². The van der Waals surface area contributed by atoms with Crippen LogP contribution < -0.4 is 5.32 Å². The van der Waals surface area contributed by atoms with Gasteiger partial charge in [0.15, 0.2) is 0 Å². The molecule has 7 heteroatoms. The van der Waals surface area contributed by atoms with Crippen LogP contribution in [0.2, 0.25) is 5.15 Å². The zero-order valence-corrected chi connectivity index (χ0v) is 12.0. The smallest absolute Gasteiger partial charge is 0.275 e. The quantitative estimate of drug-likeness (QED) is 0.788. The molecule has 0 bridgehead atoms. The van der Waals surface area contributed by atoms with E-state index in [2.05, 4.69) is 20.3 Å². The molecule has 1 aromatic carbocycles. The van der Waals surface area contributed by atoms with Gasteiger partial charge in [-0.25, -0.2) is 15.0 Å². The number of hydrogen-bond acceptors (Lipinski definition) is 5. The number of halogens is 1. The molecule has 2 heterocycles. The minimum Gasteiger partial charge on any atom is -0.321 e. The fourth-order valence-electron chi connectivity index (χ4n) is 1.74. The van der Waals surface area contributed by atoms with E-state index in [0.29, 0.717) is 5.69 Å². The summed E-state index contributed by atoms with van der Waals surface area (Å²) in [7, 11) is 0. The van der Waals surface area contributed by atoms with E-state index < -0.39 is 0 Å². The Morgan fingerprint density at radius 2 is 2.15 bits per heavy atom. The van der Waals surface area contributed by atoms with Gasteiger partial charge >= 0.3 is 0 Å². The van der Waals surface area contributed by atoms with Crippen LogP contribution in [0.3, 0.4) is 0 Å². The van der Waals surface area contributed by atoms with Gasteiger partial charge in [-0.1, -0.05) is 11.6 Å². The number of nitrogens with one attached hydrogen (secondary N) is 1. The van der Waals surface area contributed by atoms with E-state index >= 15 is 0 Å². The minimum absolute atomic E-state index is 0.218. The average molecular weight is 305 g/mol. The van der Waals surface area contributed by atoms with Crippen molar-refractivity contribution in [3.63, 3.8) is 0 Å². The zero-order valence-electron chi connectivity index (χ0n) is 10.4. The van der Waals surface area contributed by atoms with Crippen LogP contribution in [0.1, 0.15) is 15.5 Å². The fraction of sp³-hybridized carbons (Fsp3) is 0.0769. The van der Waals surface area contributed by atoms with Gasteiger partial charge in [-0.05, 0) is 25.1 Å². The van der Waals surface area contributed by atoms with Crippen LogP contribution >= 0.6 is 22.9 Å². The standard InChI is InChI=1S/C13H9ClN4OS/c1-7-17-9-3-2-8(4-11(9)20-7)18-13(19)10-5-16-12(14)6-15-10/h2-6H,1H3,(H,18,19). The zero-order chi connectivity index (χ0) is 14.1. The number of hydrogen-bond donors (Lipinski definition) is 1. The molecule has 0 saturated carbocycles. The summed E-state index contributed by atoms with van der Waals surface area (Å²) in [5.74, 6) is -0.324. The summed E-state index contributed by atoms with van der Waals surface area (Å²) in [4.78, 5) is 24.1. The summed E-state index contributed by atoms with van der Waals surface area (Å²) in [6, 6.07) is 5.58. The van der Waals surface area contributed by atoms with Crippen molar-refractivity contribution < 1.29 is 4.79 Å². The van der Waals surface area contributed by atoms with Gasteiger partial charge in [-0.2, -0.15) is 0 Å². The third-order valence-corrected chi connectivity index (χ3v) is 3.73. The molecule has 0 atom stereocenters. The number of fused-ring (bicyclic) bond motifs is 1. The first-order valence-corrected chi connectivity index (χ1v) is 6.97. The van der Waals surface area contributed by atoms with Crippen LogP contribution in [0.5, 0.6) is 0 Å². The summed E-state index contributed by atoms with van der Waals surface area (Å²) in [6.07, 6.45) is 2.68. The van der Waals surface area contributed by atoms with Crippen LogP contribution in [-0.2, 0) is 0 Å². The van der Waals surface area contributed by atoms with Gasteiger partial charge in [0.25, 0.3) is 5.91 Å². The van der Waals surface area contributed by atoms with Crippen molar-refractivity contribution in [1.29, 1.82) is 0 Å². The molecule has 0 aliphatic carbocycles. The molecule has 5 nitrogen and oxygen atoms in total. The Balaban J connectivity index is 1.84. The van der Waals surface area contributed by atoms with E-state index in [4.69, 9.17) is 11.6 Å². The van der Waals surface area contributed by atoms with Gasteiger partial charge < -0.3 is 5.32 Å². The SMILES string of the molecule is Cc1nc2ccc(NC(=O)c3cnc(Cl)cn3)cc2s1. The average Bonchev–Trinajstić information content (AvgIpc) is 2.78. The number of benzene rings is 1. The number of nitrogens with zero attached hydrogens (tertiary/aromatic N) is 3. The van der Waals surface area contributed by atoms with Crippen molar-refractivity contribution in [2.24, 2.45) is 0 Å². The van der Waals surface area contributed by atoms with E-state index in [0.717, 1.165) is 15.2 Å². The molecule has 3 rings (SSSR count). The first-order valence-electron chi connectivity index (χ1n) is 5.78. The Bertz CT molecular complexity index is 785. The van der Waals surface area contributed by atoms with Crippen LogP contribution in [0, 0.1) is 6.92 Å². The fourth-order valence-corrected chi connectivity index (χ4v) is 2.71. The van der Waals surface area contributed by atoms with Crippen molar-refractivity contribution in [2.75, 3.05) is 5.32 Å². The van der Waals surface area contributed by atoms with Gasteiger partial charge in [-0.15, -0.1) is 11.3 Å². The Labute approximate surface area is 123 Å². The molecule has 0 saturated heterocycles. The number of aromatic nitrogens is 3. The van der Waals surface area contributed by atoms with Crippen LogP contribution in [-0.4, -0.2) is 20.9 Å². The number of carbonyl (C=O) groups is 1. The molecular formula is C13H9ClN4OS. The van der Waals surface area contributed by atoms with E-state index in [1.807, 2.05) is 25.1 Å². The predicted molar refractivity (Wildman–Crippen MR) is 79.4 cm³/mol. The monoisotopic (exact) mass is 304 g/mol. The van der Waals surface area contributed by atoms with Crippen molar-refractivity contribution in [2.45, 2.75) is 6.92 Å². The third-order valence-electron chi connectivity index (χ3n) is 2.61. The van der Waals surface area contributed by atoms with Gasteiger partial charge in [0.05, 0.1) is 27.6 Å². The molecule has 0 aliphatic rings. The van der Waals surface area contributed by atoms with Gasteiger partial charge in [-0.3, -0.25) is 4.79 Å². The Morgan fingerprint density at radius 1 is 1.30 bits per heavy atom. The van der Waals surface area contributed by atoms with E-state index in [1.54, 1.807) is 11.3 Å². The predicted octanol–water partition coefficient (Wildman–Crippen LogP) is 3.30. The molecule has 0 radical (unpaired) electrons. The molecule has 20 heavy (non-hydrogen) atoms. The Hall–Kier alpha value is -2.05. The number of rotatable bonds is 2. The lowest BCUT2D eigenvalue weighted by atomic mass is 10.3. The number of anilines is 1. The summed E-state index contributed by atoms with van der Waals surface area (Å²) in [5, 5.41) is 4.02. The second-order valence-electron chi connectivity index (χ2n) is 4.09. The Kier molecular flexibility index (Phi) is 3.33. The second kappa shape index (κ2) is 5.15. The van der Waals surface area contributed by atoms with Crippen molar-refractivity contribution in [1.82, 2.24) is 15.0 Å². The number of amides is 1. The number of aryl methyl sites for hydroxylation is 1. The largest absolute Gasteiger partial charge is 0.321 e. The first-order chi connectivity index (χ1) is 9.61. The van der Waals surface area contributed by atoms with Crippen LogP contribution in [0.25, 0.3) is 10.2 Å². The maximum absolute atomic E-state index is 12.0. The van der Waals surface area contributed by atoms with E-state index in [1.165, 1.54) is 12.4 Å². The highest BCUT2D eigenvalue weighted by Crippen LogP contribution is 2.24. The topological polar surface area (TPSA) is 67.8 Å². The summed E-state index contributed by atoms with van der Waals surface area (Å²) < 4.78 is 1.03. The molecule has 0 unspecified atom stereocenters. The maximum atomic E-state index is 12.0. The molecule has 2 aromatic heterocycles. The van der Waals surface area contributed by atoms with Crippen molar-refractivity contribution in [3.05, 3.63) is 46.4 Å². The Morgan fingerprint density at radius 3 is 2.90 bits per heavy atom. The minimum atomic E-state index is -0.324. The molecule has 0 fully saturated rings. The highest BCUT2D eigenvalue weighted by atomic mass is 35.5. The van der Waals surface area contributed by atoms with E-state index in [9.17, 15) is 4.79 Å². The van der Waals surface area contributed by atoms with Crippen LogP contribution in [0.4, 0.5) is 5.69 Å². The second-order valence-corrected chi connectivity index (χ2v) is 5.72.